The second-order valence-corrected chi connectivity index (χ2v) is 10.4. The zero-order valence-corrected chi connectivity index (χ0v) is 18.7. The van der Waals surface area contributed by atoms with Gasteiger partial charge < -0.3 is 13.6 Å². The topological polar surface area (TPSA) is 27.7 Å². The Balaban J connectivity index is 1.36. The van der Waals surface area contributed by atoms with Crippen LogP contribution in [0.2, 0.25) is 0 Å². The van der Waals surface area contributed by atoms with Gasteiger partial charge in [-0.2, -0.15) is 0 Å². The van der Waals surface area contributed by atoms with Crippen molar-refractivity contribution in [2.24, 2.45) is 0 Å². The molecule has 1 heterocycles. The molecule has 0 aliphatic carbocycles. The lowest BCUT2D eigenvalue weighted by Gasteiger charge is -2.29. The first-order chi connectivity index (χ1) is 15.4. The lowest BCUT2D eigenvalue weighted by atomic mass is 10.0. The van der Waals surface area contributed by atoms with Crippen molar-refractivity contribution in [3.63, 3.8) is 0 Å². The minimum atomic E-state index is -1.16. The van der Waals surface area contributed by atoms with E-state index >= 15 is 0 Å². The summed E-state index contributed by atoms with van der Waals surface area (Å²) in [7, 11) is -1.96. The molecule has 31 heavy (non-hydrogen) atoms. The lowest BCUT2D eigenvalue weighted by molar-refractivity contribution is 0.490. The molecule has 0 N–H and O–H groups in total. The Morgan fingerprint density at radius 3 is 1.84 bits per heavy atom. The molecule has 4 aromatic rings. The molecule has 0 bridgehead atoms. The van der Waals surface area contributed by atoms with Gasteiger partial charge in [-0.05, 0) is 35.9 Å². The zero-order valence-electron chi connectivity index (χ0n) is 16.9. The molecule has 3 nitrogen and oxygen atoms in total. The summed E-state index contributed by atoms with van der Waals surface area (Å²) in [6.45, 7) is 0. The molecule has 0 radical (unpaired) electrons. The third-order valence-corrected chi connectivity index (χ3v) is 8.69. The van der Waals surface area contributed by atoms with E-state index < -0.39 is 16.5 Å². The molecule has 4 aromatic carbocycles. The summed E-state index contributed by atoms with van der Waals surface area (Å²) in [6.07, 6.45) is 1.65. The molecule has 5 rings (SSSR count). The molecule has 1 atom stereocenters. The molecule has 1 aliphatic heterocycles. The highest BCUT2D eigenvalue weighted by molar-refractivity contribution is 7.62. The van der Waals surface area contributed by atoms with Gasteiger partial charge in [0.15, 0.2) is 0 Å². The first-order valence-corrected chi connectivity index (χ1v) is 13.0. The first-order valence-electron chi connectivity index (χ1n) is 10.2. The third-order valence-electron chi connectivity index (χ3n) is 4.95. The Bertz CT molecular complexity index is 1090. The molecule has 0 amide bonds. The summed E-state index contributed by atoms with van der Waals surface area (Å²) < 4.78 is 19.0. The molecule has 0 spiro atoms. The summed E-state index contributed by atoms with van der Waals surface area (Å²) in [5.41, 5.74) is 2.44. The van der Waals surface area contributed by atoms with Crippen LogP contribution < -0.4 is 18.9 Å². The van der Waals surface area contributed by atoms with E-state index in [0.717, 1.165) is 29.6 Å². The summed E-state index contributed by atoms with van der Waals surface area (Å²) in [5.74, 6) is 2.62. The first kappa shape index (κ1) is 20.1. The van der Waals surface area contributed by atoms with Crippen LogP contribution in [0, 0.1) is 0 Å². The van der Waals surface area contributed by atoms with E-state index in [9.17, 15) is 0 Å². The van der Waals surface area contributed by atoms with Crippen molar-refractivity contribution >= 4 is 21.8 Å². The fourth-order valence-electron chi connectivity index (χ4n) is 3.50. The number of rotatable bonds is 7. The molecule has 0 fully saturated rings. The normalized spacial score (nSPS) is 14.3. The molecule has 154 valence electrons. The fraction of sp³-hybridized carbons (Fsp3) is 0.0769. The largest absolute Gasteiger partial charge is 0.469 e. The van der Waals surface area contributed by atoms with Crippen LogP contribution in [0.15, 0.2) is 109 Å². The van der Waals surface area contributed by atoms with Crippen LogP contribution in [0.1, 0.15) is 0 Å². The SMILES string of the molecule is c1ccc(OP(CCP2Oc3ccccc3-c3ccccc32)Oc2ccccc2)cc1. The number of para-hydroxylation sites is 3. The van der Waals surface area contributed by atoms with E-state index in [1.54, 1.807) is 0 Å². The summed E-state index contributed by atoms with van der Waals surface area (Å²) in [6, 6.07) is 36.6. The van der Waals surface area contributed by atoms with E-state index in [4.69, 9.17) is 13.6 Å². The second kappa shape index (κ2) is 9.52. The van der Waals surface area contributed by atoms with E-state index in [1.165, 1.54) is 16.4 Å². The number of hydrogen-bond donors (Lipinski definition) is 0. The Kier molecular flexibility index (Phi) is 6.16. The Morgan fingerprint density at radius 1 is 0.613 bits per heavy atom. The molecule has 5 heteroatoms. The van der Waals surface area contributed by atoms with Crippen LogP contribution in [0.3, 0.4) is 0 Å². The Morgan fingerprint density at radius 2 is 1.16 bits per heavy atom. The Labute approximate surface area is 185 Å². The van der Waals surface area contributed by atoms with Gasteiger partial charge in [0, 0.05) is 23.2 Å². The second-order valence-electron chi connectivity index (χ2n) is 7.07. The smallest absolute Gasteiger partial charge is 0.290 e. The molecule has 0 aromatic heterocycles. The summed E-state index contributed by atoms with van der Waals surface area (Å²) in [5, 5.41) is 1.28. The van der Waals surface area contributed by atoms with Gasteiger partial charge in [0.2, 0.25) is 0 Å². The summed E-state index contributed by atoms with van der Waals surface area (Å²) in [4.78, 5) is 0. The predicted molar refractivity (Wildman–Crippen MR) is 130 cm³/mol. The van der Waals surface area contributed by atoms with Crippen molar-refractivity contribution in [3.05, 3.63) is 109 Å². The van der Waals surface area contributed by atoms with Crippen molar-refractivity contribution in [3.8, 4) is 28.4 Å². The standard InChI is InChI=1S/C26H22O3P2/c1-3-11-21(12-4-1)27-31(28-22-13-5-2-6-14-22)20-19-30-26-18-10-8-16-24(26)23-15-7-9-17-25(23)29-30/h1-18H,19-20H2. The van der Waals surface area contributed by atoms with Crippen LogP contribution in [-0.2, 0) is 0 Å². The average molecular weight is 444 g/mol. The van der Waals surface area contributed by atoms with Gasteiger partial charge >= 0.3 is 0 Å². The quantitative estimate of drug-likeness (QED) is 0.281. The minimum absolute atomic E-state index is 0.779. The van der Waals surface area contributed by atoms with Crippen molar-refractivity contribution < 1.29 is 13.6 Å². The molecule has 1 unspecified atom stereocenters. The third kappa shape index (κ3) is 4.74. The minimum Gasteiger partial charge on any atom is -0.469 e. The van der Waals surface area contributed by atoms with Gasteiger partial charge in [-0.3, -0.25) is 0 Å². The maximum absolute atomic E-state index is 6.47. The summed E-state index contributed by atoms with van der Waals surface area (Å²) >= 11 is 0. The monoisotopic (exact) mass is 444 g/mol. The van der Waals surface area contributed by atoms with Gasteiger partial charge in [-0.25, -0.2) is 0 Å². The van der Waals surface area contributed by atoms with Crippen LogP contribution >= 0.6 is 16.5 Å². The zero-order chi connectivity index (χ0) is 20.9. The fourth-order valence-corrected chi connectivity index (χ4v) is 7.36. The molecular weight excluding hydrogens is 422 g/mol. The average Bonchev–Trinajstić information content (AvgIpc) is 2.84. The molecule has 0 saturated carbocycles. The molecular formula is C26H22O3P2. The van der Waals surface area contributed by atoms with Crippen molar-refractivity contribution in [1.29, 1.82) is 0 Å². The van der Waals surface area contributed by atoms with Gasteiger partial charge in [0.1, 0.15) is 25.4 Å². The van der Waals surface area contributed by atoms with E-state index in [1.807, 2.05) is 66.7 Å². The van der Waals surface area contributed by atoms with Crippen molar-refractivity contribution in [1.82, 2.24) is 0 Å². The van der Waals surface area contributed by atoms with Crippen molar-refractivity contribution in [2.45, 2.75) is 0 Å². The molecule has 0 saturated heterocycles. The highest BCUT2D eigenvalue weighted by Gasteiger charge is 2.28. The Hall–Kier alpha value is -2.86. The van der Waals surface area contributed by atoms with Gasteiger partial charge in [-0.1, -0.05) is 78.9 Å². The maximum Gasteiger partial charge on any atom is 0.290 e. The van der Waals surface area contributed by atoms with Crippen LogP contribution in [0.5, 0.6) is 17.2 Å². The van der Waals surface area contributed by atoms with Crippen LogP contribution in [-0.4, -0.2) is 12.3 Å². The number of benzene rings is 4. The molecule has 1 aliphatic rings. The van der Waals surface area contributed by atoms with E-state index in [2.05, 4.69) is 42.5 Å². The number of fused-ring (bicyclic) bond motifs is 3. The van der Waals surface area contributed by atoms with Gasteiger partial charge in [0.25, 0.3) is 8.38 Å². The highest BCUT2D eigenvalue weighted by atomic mass is 31.2. The van der Waals surface area contributed by atoms with Gasteiger partial charge in [0.05, 0.1) is 0 Å². The van der Waals surface area contributed by atoms with Crippen LogP contribution in [0.25, 0.3) is 11.1 Å². The highest BCUT2D eigenvalue weighted by Crippen LogP contribution is 2.51. The van der Waals surface area contributed by atoms with E-state index in [-0.39, 0.29) is 0 Å². The van der Waals surface area contributed by atoms with E-state index in [0.29, 0.717) is 0 Å². The predicted octanol–water partition coefficient (Wildman–Crippen LogP) is 7.24. The lowest BCUT2D eigenvalue weighted by Crippen LogP contribution is -2.17. The van der Waals surface area contributed by atoms with Crippen LogP contribution in [0.4, 0.5) is 0 Å². The van der Waals surface area contributed by atoms with Gasteiger partial charge in [-0.15, -0.1) is 0 Å². The van der Waals surface area contributed by atoms with Crippen molar-refractivity contribution in [2.75, 3.05) is 12.3 Å². The number of hydrogen-bond acceptors (Lipinski definition) is 3. The maximum atomic E-state index is 6.47.